The number of hydrogen-bond donors (Lipinski definition) is 0. The molecule has 1 aromatic heterocycles. The van der Waals surface area contributed by atoms with Crippen LogP contribution in [0.2, 0.25) is 0 Å². The third-order valence-electron chi connectivity index (χ3n) is 6.35. The van der Waals surface area contributed by atoms with Crippen molar-refractivity contribution in [1.82, 2.24) is 14.2 Å². The van der Waals surface area contributed by atoms with E-state index in [0.717, 1.165) is 26.9 Å². The Kier molecular flexibility index (Phi) is 8.62. The number of aryl methyl sites for hydroxylation is 2. The largest absolute Gasteiger partial charge is 0.308 e. The van der Waals surface area contributed by atoms with E-state index in [1.165, 1.54) is 27.8 Å². The molecule has 0 fully saturated rings. The summed E-state index contributed by atoms with van der Waals surface area (Å²) in [6, 6.07) is 19.9. The SMILES string of the molecule is CCN(Cc1ccccc1)S(=O)(=O)c1ccc(C(=O)N(CCN(C)C)c2nc3cc(C)cc(C)c3s2)cc1. The summed E-state index contributed by atoms with van der Waals surface area (Å²) >= 11 is 1.50. The molecule has 0 atom stereocenters. The minimum absolute atomic E-state index is 0.165. The lowest BCUT2D eigenvalue weighted by Gasteiger charge is -2.23. The molecule has 0 saturated heterocycles. The number of benzene rings is 3. The number of aromatic nitrogens is 1. The molecule has 9 heteroatoms. The Bertz CT molecular complexity index is 1510. The first-order valence-corrected chi connectivity index (χ1v) is 14.8. The Morgan fingerprint density at radius 3 is 2.26 bits per heavy atom. The fourth-order valence-electron chi connectivity index (χ4n) is 4.29. The predicted molar refractivity (Wildman–Crippen MR) is 155 cm³/mol. The third kappa shape index (κ3) is 6.13. The van der Waals surface area contributed by atoms with E-state index in [4.69, 9.17) is 4.98 Å². The molecule has 4 rings (SSSR count). The van der Waals surface area contributed by atoms with Gasteiger partial charge in [-0.15, -0.1) is 0 Å². The van der Waals surface area contributed by atoms with E-state index >= 15 is 0 Å². The van der Waals surface area contributed by atoms with Crippen LogP contribution in [0.4, 0.5) is 5.13 Å². The van der Waals surface area contributed by atoms with Crippen LogP contribution < -0.4 is 4.90 Å². The third-order valence-corrected chi connectivity index (χ3v) is 9.51. The topological polar surface area (TPSA) is 73.8 Å². The lowest BCUT2D eigenvalue weighted by atomic mass is 10.1. The minimum atomic E-state index is -3.72. The molecule has 3 aromatic carbocycles. The zero-order valence-electron chi connectivity index (χ0n) is 22.5. The van der Waals surface area contributed by atoms with E-state index in [2.05, 4.69) is 13.0 Å². The van der Waals surface area contributed by atoms with Gasteiger partial charge in [0, 0.05) is 31.7 Å². The molecule has 0 aliphatic carbocycles. The molecular weight excluding hydrogens is 516 g/mol. The van der Waals surface area contributed by atoms with E-state index < -0.39 is 10.0 Å². The molecule has 0 N–H and O–H groups in total. The van der Waals surface area contributed by atoms with Crippen molar-refractivity contribution >= 4 is 42.6 Å². The van der Waals surface area contributed by atoms with Crippen molar-refractivity contribution in [3.05, 3.63) is 89.0 Å². The van der Waals surface area contributed by atoms with Crippen LogP contribution in [0.5, 0.6) is 0 Å². The van der Waals surface area contributed by atoms with Gasteiger partial charge in [0.15, 0.2) is 5.13 Å². The summed E-state index contributed by atoms with van der Waals surface area (Å²) in [6.07, 6.45) is 0. The van der Waals surface area contributed by atoms with Gasteiger partial charge < -0.3 is 4.90 Å². The molecule has 1 heterocycles. The van der Waals surface area contributed by atoms with Gasteiger partial charge in [0.25, 0.3) is 5.91 Å². The number of rotatable bonds is 10. The number of hydrogen-bond acceptors (Lipinski definition) is 6. The van der Waals surface area contributed by atoms with Crippen molar-refractivity contribution in [2.75, 3.05) is 38.6 Å². The summed E-state index contributed by atoms with van der Waals surface area (Å²) in [6.45, 7) is 7.67. The monoisotopic (exact) mass is 550 g/mol. The van der Waals surface area contributed by atoms with Crippen molar-refractivity contribution in [2.45, 2.75) is 32.2 Å². The smallest absolute Gasteiger partial charge is 0.260 e. The average molecular weight is 551 g/mol. The van der Waals surface area contributed by atoms with Gasteiger partial charge in [-0.1, -0.05) is 54.7 Å². The summed E-state index contributed by atoms with van der Waals surface area (Å²) in [4.78, 5) is 22.4. The van der Waals surface area contributed by atoms with E-state index in [1.807, 2.05) is 69.2 Å². The number of amides is 1. The molecule has 0 saturated carbocycles. The zero-order chi connectivity index (χ0) is 27.4. The highest BCUT2D eigenvalue weighted by atomic mass is 32.2. The molecule has 0 unspecified atom stereocenters. The van der Waals surface area contributed by atoms with E-state index in [-0.39, 0.29) is 17.3 Å². The Labute approximate surface area is 229 Å². The van der Waals surface area contributed by atoms with Gasteiger partial charge >= 0.3 is 0 Å². The highest BCUT2D eigenvalue weighted by Crippen LogP contribution is 2.33. The Balaban J connectivity index is 1.62. The van der Waals surface area contributed by atoms with Gasteiger partial charge in [-0.3, -0.25) is 9.69 Å². The maximum atomic E-state index is 13.7. The summed E-state index contributed by atoms with van der Waals surface area (Å²) in [5.41, 5.74) is 4.48. The van der Waals surface area contributed by atoms with E-state index in [0.29, 0.717) is 30.3 Å². The van der Waals surface area contributed by atoms with Crippen LogP contribution in [0.25, 0.3) is 10.2 Å². The Morgan fingerprint density at radius 1 is 0.947 bits per heavy atom. The average Bonchev–Trinajstić information content (AvgIpc) is 3.31. The highest BCUT2D eigenvalue weighted by molar-refractivity contribution is 7.89. The first-order valence-electron chi connectivity index (χ1n) is 12.6. The van der Waals surface area contributed by atoms with Crippen molar-refractivity contribution in [3.63, 3.8) is 0 Å². The maximum absolute atomic E-state index is 13.7. The predicted octanol–water partition coefficient (Wildman–Crippen LogP) is 5.33. The number of thiazole rings is 1. The quantitative estimate of drug-likeness (QED) is 0.267. The first kappa shape index (κ1) is 27.9. The fraction of sp³-hybridized carbons (Fsp3) is 0.310. The molecule has 0 spiro atoms. The number of carbonyl (C=O) groups excluding carboxylic acids is 1. The van der Waals surface area contributed by atoms with Crippen molar-refractivity contribution in [1.29, 1.82) is 0 Å². The van der Waals surface area contributed by atoms with Crippen LogP contribution in [0.3, 0.4) is 0 Å². The number of sulfonamides is 1. The van der Waals surface area contributed by atoms with Gasteiger partial charge in [-0.25, -0.2) is 13.4 Å². The normalized spacial score (nSPS) is 12.0. The second-order valence-electron chi connectivity index (χ2n) is 9.63. The summed E-state index contributed by atoms with van der Waals surface area (Å²) in [7, 11) is 0.202. The van der Waals surface area contributed by atoms with Crippen molar-refractivity contribution < 1.29 is 13.2 Å². The molecule has 38 heavy (non-hydrogen) atoms. The standard InChI is InChI=1S/C29H34N4O3S2/c1-6-32(20-23-10-8-7-9-11-23)38(35,36)25-14-12-24(13-15-25)28(34)33(17-16-31(4)5)29-30-26-19-21(2)18-22(3)27(26)37-29/h7-15,18-19H,6,16-17,20H2,1-5H3. The Hall–Kier alpha value is -3.11. The van der Waals surface area contributed by atoms with Crippen molar-refractivity contribution in [2.24, 2.45) is 0 Å². The summed E-state index contributed by atoms with van der Waals surface area (Å²) < 4.78 is 29.2. The van der Waals surface area contributed by atoms with Crippen LogP contribution >= 0.6 is 11.3 Å². The summed E-state index contributed by atoms with van der Waals surface area (Å²) in [5.74, 6) is -0.208. The maximum Gasteiger partial charge on any atom is 0.260 e. The molecule has 200 valence electrons. The molecule has 0 aliphatic heterocycles. The molecule has 1 amide bonds. The summed E-state index contributed by atoms with van der Waals surface area (Å²) in [5, 5.41) is 0.636. The number of carbonyl (C=O) groups is 1. The van der Waals surface area contributed by atoms with Gasteiger partial charge in [-0.05, 0) is 75.0 Å². The van der Waals surface area contributed by atoms with E-state index in [9.17, 15) is 13.2 Å². The highest BCUT2D eigenvalue weighted by Gasteiger charge is 2.26. The number of nitrogens with zero attached hydrogens (tertiary/aromatic N) is 4. The molecular formula is C29H34N4O3S2. The Morgan fingerprint density at radius 2 is 1.63 bits per heavy atom. The van der Waals surface area contributed by atoms with Crippen LogP contribution in [-0.4, -0.2) is 62.2 Å². The van der Waals surface area contributed by atoms with Crippen LogP contribution in [0.1, 0.15) is 34.0 Å². The number of likely N-dealkylation sites (N-methyl/N-ethyl adjacent to an activating group) is 1. The molecule has 0 bridgehead atoms. The number of anilines is 1. The molecule has 4 aromatic rings. The molecule has 0 aliphatic rings. The molecule has 7 nitrogen and oxygen atoms in total. The second-order valence-corrected chi connectivity index (χ2v) is 12.5. The van der Waals surface area contributed by atoms with Gasteiger partial charge in [-0.2, -0.15) is 4.31 Å². The molecule has 0 radical (unpaired) electrons. The van der Waals surface area contributed by atoms with Crippen LogP contribution in [0, 0.1) is 13.8 Å². The fourth-order valence-corrected chi connectivity index (χ4v) is 6.77. The van der Waals surface area contributed by atoms with Gasteiger partial charge in [0.2, 0.25) is 10.0 Å². The van der Waals surface area contributed by atoms with Gasteiger partial charge in [0.05, 0.1) is 15.1 Å². The lowest BCUT2D eigenvalue weighted by molar-refractivity contribution is 0.0985. The lowest BCUT2D eigenvalue weighted by Crippen LogP contribution is -2.36. The van der Waals surface area contributed by atoms with Crippen molar-refractivity contribution in [3.8, 4) is 0 Å². The number of fused-ring (bicyclic) bond motifs is 1. The zero-order valence-corrected chi connectivity index (χ0v) is 24.1. The van der Waals surface area contributed by atoms with Crippen LogP contribution in [-0.2, 0) is 16.6 Å². The van der Waals surface area contributed by atoms with E-state index in [1.54, 1.807) is 17.0 Å². The first-order chi connectivity index (χ1) is 18.1. The minimum Gasteiger partial charge on any atom is -0.308 e. The van der Waals surface area contributed by atoms with Gasteiger partial charge in [0.1, 0.15) is 0 Å². The second kappa shape index (κ2) is 11.7. The van der Waals surface area contributed by atoms with Crippen LogP contribution in [0.15, 0.2) is 71.6 Å².